The van der Waals surface area contributed by atoms with Crippen LogP contribution in [0.4, 0.5) is 32.0 Å². The summed E-state index contributed by atoms with van der Waals surface area (Å²) in [6.45, 7) is 0. The van der Waals surface area contributed by atoms with Crippen LogP contribution in [0.3, 0.4) is 0 Å². The van der Waals surface area contributed by atoms with Gasteiger partial charge in [-0.05, 0) is 54.7 Å². The number of carbonyl (C=O) groups is 4. The van der Waals surface area contributed by atoms with Crippen LogP contribution in [0.15, 0.2) is 48.0 Å². The molecule has 0 spiro atoms. The van der Waals surface area contributed by atoms with Gasteiger partial charge in [0.1, 0.15) is 0 Å². The molecule has 0 radical (unpaired) electrons. The van der Waals surface area contributed by atoms with Gasteiger partial charge in [0.25, 0.3) is 11.8 Å². The summed E-state index contributed by atoms with van der Waals surface area (Å²) in [6.07, 6.45) is -9.60. The molecule has 1 saturated carbocycles. The number of halogens is 8. The Balaban J connectivity index is 1.50. The van der Waals surface area contributed by atoms with Crippen molar-refractivity contribution >= 4 is 52.5 Å². The molecular formula is C30H22Cl2F6N2O6. The zero-order valence-electron chi connectivity index (χ0n) is 23.7. The van der Waals surface area contributed by atoms with E-state index in [0.717, 1.165) is 4.90 Å². The summed E-state index contributed by atoms with van der Waals surface area (Å²) >= 11 is 14.0. The first kappa shape index (κ1) is 32.2. The number of phenolic OH excluding ortho intramolecular Hbond substituents is 1. The quantitative estimate of drug-likeness (QED) is 0.194. The first-order valence-electron chi connectivity index (χ1n) is 13.7. The third kappa shape index (κ3) is 4.28. The number of phenols is 1. The Kier molecular flexibility index (Phi) is 7.07. The van der Waals surface area contributed by atoms with Crippen LogP contribution in [0.5, 0.6) is 11.5 Å². The molecule has 6 atom stereocenters. The SMILES string of the molecule is COc1ccc(C2C3=CCC4C(=O)N(c5cc(C(F)(F)F)cc(C(F)(F)F)c5)C(=O)C4C3CC3(Cl)C(=O)N(C)C(=O)C23Cl)cc1O. The van der Waals surface area contributed by atoms with Gasteiger partial charge in [0, 0.05) is 13.0 Å². The monoisotopic (exact) mass is 690 g/mol. The van der Waals surface area contributed by atoms with E-state index in [4.69, 9.17) is 27.9 Å². The molecule has 2 aromatic carbocycles. The summed E-state index contributed by atoms with van der Waals surface area (Å²) < 4.78 is 86.9. The molecule has 2 aromatic rings. The van der Waals surface area contributed by atoms with Gasteiger partial charge >= 0.3 is 12.4 Å². The summed E-state index contributed by atoms with van der Waals surface area (Å²) in [4.78, 5) is 51.4. The predicted octanol–water partition coefficient (Wildman–Crippen LogP) is 5.63. The lowest BCUT2D eigenvalue weighted by atomic mass is 9.56. The number of nitrogens with zero attached hydrogens (tertiary/aromatic N) is 2. The van der Waals surface area contributed by atoms with E-state index < -0.39 is 92.6 Å². The van der Waals surface area contributed by atoms with E-state index in [1.807, 2.05) is 0 Å². The molecule has 2 aliphatic carbocycles. The number of hydrogen-bond acceptors (Lipinski definition) is 6. The lowest BCUT2D eigenvalue weighted by Crippen LogP contribution is -2.60. The van der Waals surface area contributed by atoms with E-state index >= 15 is 0 Å². The topological polar surface area (TPSA) is 104 Å². The van der Waals surface area contributed by atoms with Gasteiger partial charge < -0.3 is 9.84 Å². The summed E-state index contributed by atoms with van der Waals surface area (Å²) in [7, 11) is 2.46. The lowest BCUT2D eigenvalue weighted by molar-refractivity contribution is -0.143. The number of benzene rings is 2. The number of ether oxygens (including phenoxy) is 1. The number of aromatic hydroxyl groups is 1. The number of fused-ring (bicyclic) bond motifs is 4. The van der Waals surface area contributed by atoms with Crippen molar-refractivity contribution in [3.8, 4) is 11.5 Å². The summed E-state index contributed by atoms with van der Waals surface area (Å²) in [5.74, 6) is -9.16. The molecule has 8 nitrogen and oxygen atoms in total. The van der Waals surface area contributed by atoms with Gasteiger partial charge in [-0.3, -0.25) is 24.1 Å². The number of carbonyl (C=O) groups excluding carboxylic acids is 4. The number of anilines is 1. The average Bonchev–Trinajstić information content (AvgIpc) is 3.30. The van der Waals surface area contributed by atoms with Gasteiger partial charge in [-0.15, -0.1) is 23.2 Å². The Morgan fingerprint density at radius 2 is 1.50 bits per heavy atom. The Morgan fingerprint density at radius 1 is 0.891 bits per heavy atom. The Hall–Kier alpha value is -3.78. The largest absolute Gasteiger partial charge is 0.504 e. The summed E-state index contributed by atoms with van der Waals surface area (Å²) in [6, 6.07) is 4.55. The number of methoxy groups -OCH3 is 1. The van der Waals surface area contributed by atoms with Gasteiger partial charge in [-0.25, -0.2) is 4.90 Å². The minimum Gasteiger partial charge on any atom is -0.504 e. The molecule has 4 aliphatic rings. The molecule has 0 bridgehead atoms. The Morgan fingerprint density at radius 3 is 2.04 bits per heavy atom. The number of alkyl halides is 8. The highest BCUT2D eigenvalue weighted by atomic mass is 35.5. The molecule has 1 N–H and O–H groups in total. The molecule has 4 amide bonds. The molecule has 2 aliphatic heterocycles. The van der Waals surface area contributed by atoms with Gasteiger partial charge in [0.2, 0.25) is 11.8 Å². The fraction of sp³-hybridized carbons (Fsp3) is 0.400. The molecule has 16 heteroatoms. The van der Waals surface area contributed by atoms with Crippen LogP contribution in [0, 0.1) is 17.8 Å². The smallest absolute Gasteiger partial charge is 0.416 e. The van der Waals surface area contributed by atoms with Crippen molar-refractivity contribution in [2.45, 2.75) is 40.9 Å². The van der Waals surface area contributed by atoms with Crippen molar-refractivity contribution in [1.29, 1.82) is 0 Å². The zero-order chi connectivity index (χ0) is 33.9. The van der Waals surface area contributed by atoms with Crippen LogP contribution >= 0.6 is 23.2 Å². The molecule has 2 saturated heterocycles. The molecule has 0 aromatic heterocycles. The number of rotatable bonds is 3. The molecule has 244 valence electrons. The lowest BCUT2D eigenvalue weighted by Gasteiger charge is -2.50. The van der Waals surface area contributed by atoms with Crippen molar-refractivity contribution in [3.05, 3.63) is 64.7 Å². The maximum absolute atomic E-state index is 14.0. The second-order valence-corrected chi connectivity index (χ2v) is 12.9. The molecule has 46 heavy (non-hydrogen) atoms. The Bertz CT molecular complexity index is 1730. The van der Waals surface area contributed by atoms with E-state index in [2.05, 4.69) is 0 Å². The van der Waals surface area contributed by atoms with Crippen LogP contribution in [-0.2, 0) is 31.5 Å². The second-order valence-electron chi connectivity index (χ2n) is 11.7. The van der Waals surface area contributed by atoms with Gasteiger partial charge in [-0.2, -0.15) is 26.3 Å². The van der Waals surface area contributed by atoms with Crippen LogP contribution in [-0.4, -0.2) is 57.5 Å². The normalized spacial score (nSPS) is 31.1. The minimum absolute atomic E-state index is 0.0621. The summed E-state index contributed by atoms with van der Waals surface area (Å²) in [5, 5.41) is 10.6. The highest BCUT2D eigenvalue weighted by Gasteiger charge is 2.76. The van der Waals surface area contributed by atoms with Crippen molar-refractivity contribution in [2.24, 2.45) is 17.8 Å². The van der Waals surface area contributed by atoms with E-state index in [-0.39, 0.29) is 29.5 Å². The number of likely N-dealkylation sites (tertiary alicyclic amines) is 1. The fourth-order valence-electron chi connectivity index (χ4n) is 7.33. The van der Waals surface area contributed by atoms with Crippen LogP contribution in [0.2, 0.25) is 0 Å². The molecular weight excluding hydrogens is 669 g/mol. The average molecular weight is 691 g/mol. The second kappa shape index (κ2) is 10.1. The van der Waals surface area contributed by atoms with Crippen molar-refractivity contribution < 1.29 is 55.4 Å². The number of hydrogen-bond donors (Lipinski definition) is 1. The first-order valence-corrected chi connectivity index (χ1v) is 14.5. The van der Waals surface area contributed by atoms with E-state index in [1.165, 1.54) is 38.4 Å². The van der Waals surface area contributed by atoms with E-state index in [1.54, 1.807) is 0 Å². The number of imide groups is 2. The number of amides is 4. The highest BCUT2D eigenvalue weighted by molar-refractivity contribution is 6.53. The van der Waals surface area contributed by atoms with E-state index in [9.17, 15) is 50.6 Å². The van der Waals surface area contributed by atoms with E-state index in [0.29, 0.717) is 22.6 Å². The third-order valence-electron chi connectivity index (χ3n) is 9.38. The third-order valence-corrected chi connectivity index (χ3v) is 10.8. The molecule has 6 unspecified atom stereocenters. The maximum Gasteiger partial charge on any atom is 0.416 e. The minimum atomic E-state index is -5.24. The van der Waals surface area contributed by atoms with Crippen molar-refractivity contribution in [3.63, 3.8) is 0 Å². The zero-order valence-corrected chi connectivity index (χ0v) is 25.2. The molecule has 6 rings (SSSR count). The highest BCUT2D eigenvalue weighted by Crippen LogP contribution is 2.65. The standard InChI is InChI=1S/C30H22Cl2F6N2O6/c1-39-25(44)27(31)11-18-16(22(28(27,32)26(39)45)12-3-6-20(46-2)19(41)7-12)4-5-17-21(18)24(43)40(23(17)42)15-9-13(29(33,34)35)8-14(10-15)30(36,37)38/h3-4,6-10,17-18,21-22,41H,5,11H2,1-2H3. The summed E-state index contributed by atoms with van der Waals surface area (Å²) in [5.41, 5.74) is -3.84. The van der Waals surface area contributed by atoms with Crippen LogP contribution in [0.25, 0.3) is 0 Å². The molecule has 2 heterocycles. The van der Waals surface area contributed by atoms with Crippen LogP contribution < -0.4 is 9.64 Å². The van der Waals surface area contributed by atoms with Crippen LogP contribution in [0.1, 0.15) is 35.4 Å². The van der Waals surface area contributed by atoms with Crippen molar-refractivity contribution in [2.75, 3.05) is 19.1 Å². The Labute approximate surface area is 266 Å². The maximum atomic E-state index is 14.0. The fourth-order valence-corrected chi connectivity index (χ4v) is 8.35. The number of allylic oxidation sites excluding steroid dienone is 2. The van der Waals surface area contributed by atoms with Gasteiger partial charge in [0.15, 0.2) is 21.2 Å². The van der Waals surface area contributed by atoms with Crippen molar-refractivity contribution in [1.82, 2.24) is 4.90 Å². The van der Waals surface area contributed by atoms with Gasteiger partial charge in [0.05, 0.1) is 35.8 Å². The molecule has 3 fully saturated rings. The predicted molar refractivity (Wildman–Crippen MR) is 149 cm³/mol. The van der Waals surface area contributed by atoms with Gasteiger partial charge in [-0.1, -0.05) is 17.7 Å². The first-order chi connectivity index (χ1) is 21.3.